The number of halogens is 2. The van der Waals surface area contributed by atoms with Crippen molar-refractivity contribution in [3.8, 4) is 5.69 Å². The first-order valence-electron chi connectivity index (χ1n) is 6.82. The summed E-state index contributed by atoms with van der Waals surface area (Å²) in [4.78, 5) is 15.0. The maximum absolute atomic E-state index is 14.1. The molecule has 0 aliphatic heterocycles. The molecular formula is C14H17F2N5O. The van der Waals surface area contributed by atoms with Crippen molar-refractivity contribution in [3.63, 3.8) is 0 Å². The Morgan fingerprint density at radius 3 is 2.68 bits per heavy atom. The summed E-state index contributed by atoms with van der Waals surface area (Å²) < 4.78 is 26.9. The van der Waals surface area contributed by atoms with Crippen LogP contribution in [0.2, 0.25) is 0 Å². The van der Waals surface area contributed by atoms with E-state index < -0.39 is 18.4 Å². The van der Waals surface area contributed by atoms with Crippen LogP contribution in [0.15, 0.2) is 30.6 Å². The van der Waals surface area contributed by atoms with Gasteiger partial charge in [-0.2, -0.15) is 10.2 Å². The molecule has 0 radical (unpaired) electrons. The molecule has 8 heteroatoms. The van der Waals surface area contributed by atoms with Gasteiger partial charge in [0.15, 0.2) is 5.82 Å². The quantitative estimate of drug-likeness (QED) is 0.869. The van der Waals surface area contributed by atoms with Crippen LogP contribution in [0.5, 0.6) is 0 Å². The third-order valence-corrected chi connectivity index (χ3v) is 3.30. The number of aromatic nitrogens is 3. The number of para-hydroxylation sites is 1. The van der Waals surface area contributed by atoms with E-state index in [0.717, 1.165) is 4.80 Å². The summed E-state index contributed by atoms with van der Waals surface area (Å²) >= 11 is 0. The van der Waals surface area contributed by atoms with E-state index in [1.54, 1.807) is 6.92 Å². The van der Waals surface area contributed by atoms with Gasteiger partial charge < -0.3 is 10.6 Å². The Morgan fingerprint density at radius 1 is 1.41 bits per heavy atom. The molecule has 0 aliphatic rings. The van der Waals surface area contributed by atoms with Crippen molar-refractivity contribution < 1.29 is 13.6 Å². The third kappa shape index (κ3) is 3.11. The molecule has 0 saturated carbocycles. The van der Waals surface area contributed by atoms with Crippen molar-refractivity contribution in [2.75, 3.05) is 19.8 Å². The molecule has 22 heavy (non-hydrogen) atoms. The van der Waals surface area contributed by atoms with Crippen molar-refractivity contribution in [1.82, 2.24) is 19.9 Å². The summed E-state index contributed by atoms with van der Waals surface area (Å²) in [5.74, 6) is -1.15. The Hall–Kier alpha value is -2.35. The number of carbonyl (C=O) groups excluding carboxylic acids is 1. The fourth-order valence-corrected chi connectivity index (χ4v) is 2.12. The van der Waals surface area contributed by atoms with Crippen molar-refractivity contribution in [2.45, 2.75) is 13.0 Å². The third-order valence-electron chi connectivity index (χ3n) is 3.30. The summed E-state index contributed by atoms with van der Waals surface area (Å²) in [6.45, 7) is 1.07. The molecule has 2 rings (SSSR count). The average molecular weight is 309 g/mol. The zero-order valence-electron chi connectivity index (χ0n) is 12.1. The average Bonchev–Trinajstić information content (AvgIpc) is 3.05. The van der Waals surface area contributed by atoms with E-state index in [2.05, 4.69) is 10.2 Å². The van der Waals surface area contributed by atoms with Crippen LogP contribution in [0.25, 0.3) is 5.69 Å². The van der Waals surface area contributed by atoms with Gasteiger partial charge >= 0.3 is 0 Å². The van der Waals surface area contributed by atoms with Crippen LogP contribution in [0, 0.1) is 5.82 Å². The molecule has 1 heterocycles. The van der Waals surface area contributed by atoms with Crippen LogP contribution in [0.1, 0.15) is 17.3 Å². The number of amides is 1. The van der Waals surface area contributed by atoms with Gasteiger partial charge in [0.05, 0.1) is 18.0 Å². The minimum absolute atomic E-state index is 0.0601. The van der Waals surface area contributed by atoms with Crippen LogP contribution < -0.4 is 5.73 Å². The first-order valence-corrected chi connectivity index (χ1v) is 6.82. The topological polar surface area (TPSA) is 77.0 Å². The lowest BCUT2D eigenvalue weighted by Gasteiger charge is -2.28. The molecule has 0 fully saturated rings. The first-order chi connectivity index (χ1) is 10.6. The van der Waals surface area contributed by atoms with Crippen LogP contribution in [0.3, 0.4) is 0 Å². The van der Waals surface area contributed by atoms with Crippen molar-refractivity contribution in [1.29, 1.82) is 0 Å². The number of nitrogens with zero attached hydrogens (tertiary/aromatic N) is 4. The summed E-state index contributed by atoms with van der Waals surface area (Å²) in [5, 5.41) is 7.71. The molecule has 2 aromatic rings. The second-order valence-electron chi connectivity index (χ2n) is 4.73. The Morgan fingerprint density at radius 2 is 2.09 bits per heavy atom. The molecule has 0 saturated heterocycles. The molecule has 6 nitrogen and oxygen atoms in total. The van der Waals surface area contributed by atoms with Gasteiger partial charge in [0.2, 0.25) is 0 Å². The van der Waals surface area contributed by atoms with Crippen molar-refractivity contribution in [3.05, 3.63) is 42.0 Å². The van der Waals surface area contributed by atoms with E-state index in [9.17, 15) is 13.6 Å². The van der Waals surface area contributed by atoms with Gasteiger partial charge in [0.1, 0.15) is 12.4 Å². The van der Waals surface area contributed by atoms with E-state index >= 15 is 0 Å². The lowest BCUT2D eigenvalue weighted by Crippen LogP contribution is -2.44. The first kappa shape index (κ1) is 16.0. The summed E-state index contributed by atoms with van der Waals surface area (Å²) in [6, 6.07) is 3.71. The second-order valence-corrected chi connectivity index (χ2v) is 4.73. The predicted molar refractivity (Wildman–Crippen MR) is 76.8 cm³/mol. The van der Waals surface area contributed by atoms with Gasteiger partial charge in [-0.3, -0.25) is 4.79 Å². The van der Waals surface area contributed by atoms with Gasteiger partial charge in [-0.1, -0.05) is 6.07 Å². The molecule has 1 aromatic heterocycles. The fraction of sp³-hybridized carbons (Fsp3) is 0.357. The Kier molecular flexibility index (Phi) is 5.16. The lowest BCUT2D eigenvalue weighted by atomic mass is 10.1. The molecule has 0 spiro atoms. The highest BCUT2D eigenvalue weighted by atomic mass is 19.1. The van der Waals surface area contributed by atoms with E-state index in [1.807, 2.05) is 0 Å². The Labute approximate surface area is 126 Å². The van der Waals surface area contributed by atoms with E-state index in [4.69, 9.17) is 5.73 Å². The van der Waals surface area contributed by atoms with Crippen LogP contribution >= 0.6 is 0 Å². The summed E-state index contributed by atoms with van der Waals surface area (Å²) in [6.07, 6.45) is 2.76. The molecule has 1 unspecified atom stereocenters. The van der Waals surface area contributed by atoms with E-state index in [1.165, 1.54) is 35.5 Å². The zero-order valence-corrected chi connectivity index (χ0v) is 12.1. The van der Waals surface area contributed by atoms with Crippen molar-refractivity contribution in [2.24, 2.45) is 5.73 Å². The normalized spacial score (nSPS) is 12.2. The predicted octanol–water partition coefficient (Wildman–Crippen LogP) is 1.17. The van der Waals surface area contributed by atoms with E-state index in [0.29, 0.717) is 0 Å². The standard InChI is InChI=1S/C14H17F2N5O/c1-10(9-17)20(8-5-15)14(22)11-3-2-4-12(16)13(11)21-18-6-7-19-21/h2-4,6-7,10H,5,8-9,17H2,1H3. The van der Waals surface area contributed by atoms with Crippen LogP contribution in [-0.2, 0) is 0 Å². The maximum atomic E-state index is 14.1. The molecule has 1 aromatic carbocycles. The summed E-state index contributed by atoms with van der Waals surface area (Å²) in [7, 11) is 0. The number of hydrogen-bond donors (Lipinski definition) is 1. The minimum Gasteiger partial charge on any atom is -0.332 e. The number of benzene rings is 1. The smallest absolute Gasteiger partial charge is 0.256 e. The maximum Gasteiger partial charge on any atom is 0.256 e. The second kappa shape index (κ2) is 7.08. The highest BCUT2D eigenvalue weighted by Gasteiger charge is 2.25. The lowest BCUT2D eigenvalue weighted by molar-refractivity contribution is 0.0683. The molecule has 0 aliphatic carbocycles. The van der Waals surface area contributed by atoms with Gasteiger partial charge in [-0.05, 0) is 19.1 Å². The number of carbonyl (C=O) groups is 1. The monoisotopic (exact) mass is 309 g/mol. The van der Waals surface area contributed by atoms with Gasteiger partial charge in [-0.25, -0.2) is 8.78 Å². The number of nitrogens with two attached hydrogens (primary N) is 1. The largest absolute Gasteiger partial charge is 0.332 e. The van der Waals surface area contributed by atoms with Gasteiger partial charge in [0.25, 0.3) is 5.91 Å². The molecular weight excluding hydrogens is 292 g/mol. The number of alkyl halides is 1. The van der Waals surface area contributed by atoms with Gasteiger partial charge in [0, 0.05) is 19.1 Å². The molecule has 2 N–H and O–H groups in total. The number of hydrogen-bond acceptors (Lipinski definition) is 4. The SMILES string of the molecule is CC(CN)N(CCF)C(=O)c1cccc(F)c1-n1nccn1. The number of rotatable bonds is 6. The van der Waals surface area contributed by atoms with Gasteiger partial charge in [-0.15, -0.1) is 4.80 Å². The summed E-state index contributed by atoms with van der Waals surface area (Å²) in [5.41, 5.74) is 5.56. The highest BCUT2D eigenvalue weighted by molar-refractivity contribution is 5.98. The highest BCUT2D eigenvalue weighted by Crippen LogP contribution is 2.20. The Bertz CT molecular complexity index is 632. The zero-order chi connectivity index (χ0) is 16.1. The molecule has 1 atom stereocenters. The molecule has 0 bridgehead atoms. The molecule has 118 valence electrons. The van der Waals surface area contributed by atoms with Crippen LogP contribution in [0.4, 0.5) is 8.78 Å². The van der Waals surface area contributed by atoms with Crippen LogP contribution in [-0.4, -0.2) is 51.6 Å². The molecule has 1 amide bonds. The van der Waals surface area contributed by atoms with Crippen molar-refractivity contribution >= 4 is 5.91 Å². The Balaban J connectivity index is 2.47. The minimum atomic E-state index is -0.708. The van der Waals surface area contributed by atoms with E-state index in [-0.39, 0.29) is 30.4 Å². The fourth-order valence-electron chi connectivity index (χ4n) is 2.12.